The molecule has 2 aromatic rings. The second-order valence-electron chi connectivity index (χ2n) is 5.15. The summed E-state index contributed by atoms with van der Waals surface area (Å²) in [6.45, 7) is 2.07. The topological polar surface area (TPSA) is 27.0 Å². The van der Waals surface area contributed by atoms with Crippen molar-refractivity contribution in [2.75, 3.05) is 18.0 Å². The molecule has 0 saturated carbocycles. The van der Waals surface area contributed by atoms with E-state index < -0.39 is 0 Å². The fourth-order valence-electron chi connectivity index (χ4n) is 2.80. The Hall–Kier alpha value is -1.79. The summed E-state index contributed by atoms with van der Waals surface area (Å²) in [7, 11) is 0. The molecular formula is C17H15BrN2. The summed E-state index contributed by atoms with van der Waals surface area (Å²) in [6, 6.07) is 18.6. The Morgan fingerprint density at radius 2 is 2.00 bits per heavy atom. The lowest BCUT2D eigenvalue weighted by molar-refractivity contribution is 0.774. The van der Waals surface area contributed by atoms with Gasteiger partial charge in [-0.25, -0.2) is 0 Å². The van der Waals surface area contributed by atoms with E-state index >= 15 is 0 Å². The molecule has 2 nitrogen and oxygen atoms in total. The molecule has 0 bridgehead atoms. The molecular weight excluding hydrogens is 312 g/mol. The van der Waals surface area contributed by atoms with E-state index in [1.165, 1.54) is 5.56 Å². The number of hydrogen-bond donors (Lipinski definition) is 0. The zero-order valence-electron chi connectivity index (χ0n) is 11.1. The molecule has 2 aromatic carbocycles. The van der Waals surface area contributed by atoms with Crippen molar-refractivity contribution in [3.05, 3.63) is 64.1 Å². The zero-order chi connectivity index (χ0) is 13.9. The highest BCUT2D eigenvalue weighted by Crippen LogP contribution is 2.32. The van der Waals surface area contributed by atoms with Crippen LogP contribution in [0.1, 0.15) is 23.5 Å². The van der Waals surface area contributed by atoms with Crippen molar-refractivity contribution in [1.82, 2.24) is 0 Å². The summed E-state index contributed by atoms with van der Waals surface area (Å²) < 4.78 is 1.14. The van der Waals surface area contributed by atoms with E-state index in [0.717, 1.165) is 35.2 Å². The highest BCUT2D eigenvalue weighted by molar-refractivity contribution is 9.10. The Kier molecular flexibility index (Phi) is 3.75. The van der Waals surface area contributed by atoms with Crippen LogP contribution in [0.15, 0.2) is 53.0 Å². The molecule has 1 saturated heterocycles. The summed E-state index contributed by atoms with van der Waals surface area (Å²) in [5.41, 5.74) is 3.27. The molecule has 0 spiro atoms. The maximum absolute atomic E-state index is 8.99. The quantitative estimate of drug-likeness (QED) is 0.822. The van der Waals surface area contributed by atoms with E-state index in [-0.39, 0.29) is 0 Å². The minimum Gasteiger partial charge on any atom is -0.371 e. The van der Waals surface area contributed by atoms with Gasteiger partial charge in [-0.2, -0.15) is 5.26 Å². The summed E-state index contributed by atoms with van der Waals surface area (Å²) >= 11 is 3.54. The minimum atomic E-state index is 0.568. The molecule has 3 rings (SSSR count). The third-order valence-electron chi connectivity index (χ3n) is 3.85. The number of benzene rings is 2. The molecule has 0 N–H and O–H groups in total. The Labute approximate surface area is 127 Å². The lowest BCUT2D eigenvalue weighted by Crippen LogP contribution is -2.19. The normalized spacial score (nSPS) is 18.0. The van der Waals surface area contributed by atoms with Crippen LogP contribution in [0.4, 0.5) is 5.69 Å². The summed E-state index contributed by atoms with van der Waals surface area (Å²) in [4.78, 5) is 2.37. The molecule has 1 aliphatic heterocycles. The van der Waals surface area contributed by atoms with Crippen LogP contribution in [0.2, 0.25) is 0 Å². The van der Waals surface area contributed by atoms with Gasteiger partial charge in [0.05, 0.1) is 11.6 Å². The van der Waals surface area contributed by atoms with Crippen molar-refractivity contribution in [2.24, 2.45) is 0 Å². The second-order valence-corrected chi connectivity index (χ2v) is 6.06. The molecule has 1 aliphatic rings. The van der Waals surface area contributed by atoms with Crippen LogP contribution in [0, 0.1) is 11.3 Å². The largest absolute Gasteiger partial charge is 0.371 e. The summed E-state index contributed by atoms with van der Waals surface area (Å²) in [5.74, 6) is 0.568. The molecule has 0 radical (unpaired) electrons. The van der Waals surface area contributed by atoms with E-state index in [0.29, 0.717) is 5.92 Å². The number of anilines is 1. The maximum atomic E-state index is 8.99. The van der Waals surface area contributed by atoms with E-state index in [9.17, 15) is 0 Å². The fourth-order valence-corrected chi connectivity index (χ4v) is 3.22. The first-order chi connectivity index (χ1) is 9.76. The third kappa shape index (κ3) is 2.71. The van der Waals surface area contributed by atoms with Crippen LogP contribution in [0.5, 0.6) is 0 Å². The van der Waals surface area contributed by atoms with Gasteiger partial charge in [-0.1, -0.05) is 34.1 Å². The monoisotopic (exact) mass is 326 g/mol. The number of rotatable bonds is 2. The molecule has 1 unspecified atom stereocenters. The van der Waals surface area contributed by atoms with Gasteiger partial charge < -0.3 is 4.90 Å². The van der Waals surface area contributed by atoms with Crippen molar-refractivity contribution in [3.8, 4) is 6.07 Å². The van der Waals surface area contributed by atoms with Crippen molar-refractivity contribution in [2.45, 2.75) is 12.3 Å². The maximum Gasteiger partial charge on any atom is 0.0992 e. The minimum absolute atomic E-state index is 0.568. The van der Waals surface area contributed by atoms with Crippen LogP contribution >= 0.6 is 15.9 Å². The Morgan fingerprint density at radius 3 is 2.80 bits per heavy atom. The van der Waals surface area contributed by atoms with E-state index in [4.69, 9.17) is 5.26 Å². The van der Waals surface area contributed by atoms with Crippen molar-refractivity contribution in [1.29, 1.82) is 5.26 Å². The summed E-state index contributed by atoms with van der Waals surface area (Å²) in [6.07, 6.45) is 1.16. The lowest BCUT2D eigenvalue weighted by Gasteiger charge is -2.19. The van der Waals surface area contributed by atoms with Crippen molar-refractivity contribution in [3.63, 3.8) is 0 Å². The molecule has 3 heteroatoms. The first-order valence-corrected chi connectivity index (χ1v) is 7.56. The highest BCUT2D eigenvalue weighted by atomic mass is 79.9. The zero-order valence-corrected chi connectivity index (χ0v) is 12.7. The first-order valence-electron chi connectivity index (χ1n) is 6.77. The van der Waals surface area contributed by atoms with Gasteiger partial charge in [0.1, 0.15) is 0 Å². The Balaban J connectivity index is 1.78. The summed E-state index contributed by atoms with van der Waals surface area (Å²) in [5, 5.41) is 8.99. The third-order valence-corrected chi connectivity index (χ3v) is 4.34. The SMILES string of the molecule is N#Cc1cccc(N2CCC(c3cccc(Br)c3)C2)c1. The molecule has 1 fully saturated rings. The molecule has 20 heavy (non-hydrogen) atoms. The van der Waals surface area contributed by atoms with Gasteiger partial charge >= 0.3 is 0 Å². The van der Waals surface area contributed by atoms with Gasteiger partial charge in [-0.15, -0.1) is 0 Å². The number of halogens is 1. The van der Waals surface area contributed by atoms with E-state index in [1.807, 2.05) is 18.2 Å². The molecule has 1 heterocycles. The lowest BCUT2D eigenvalue weighted by atomic mass is 9.99. The van der Waals surface area contributed by atoms with E-state index in [1.54, 1.807) is 0 Å². The highest BCUT2D eigenvalue weighted by Gasteiger charge is 2.24. The van der Waals surface area contributed by atoms with Crippen LogP contribution in [0.25, 0.3) is 0 Å². The molecule has 100 valence electrons. The second kappa shape index (κ2) is 5.68. The standard InChI is InChI=1S/C17H15BrN2/c18-16-5-2-4-14(10-16)15-7-8-20(12-15)17-6-1-3-13(9-17)11-19/h1-6,9-10,15H,7-8,12H2. The number of hydrogen-bond acceptors (Lipinski definition) is 2. The molecule has 1 atom stereocenters. The van der Waals surface area contributed by atoms with Gasteiger partial charge in [0.2, 0.25) is 0 Å². The number of nitrogens with zero attached hydrogens (tertiary/aromatic N) is 2. The van der Waals surface area contributed by atoms with Crippen molar-refractivity contribution < 1.29 is 0 Å². The smallest absolute Gasteiger partial charge is 0.0992 e. The van der Waals surface area contributed by atoms with Gasteiger partial charge in [0, 0.05) is 29.2 Å². The first kappa shape index (κ1) is 13.2. The Morgan fingerprint density at radius 1 is 1.15 bits per heavy atom. The van der Waals surface area contributed by atoms with Gasteiger partial charge in [0.25, 0.3) is 0 Å². The van der Waals surface area contributed by atoms with Crippen molar-refractivity contribution >= 4 is 21.6 Å². The molecule has 0 aromatic heterocycles. The van der Waals surface area contributed by atoms with Gasteiger partial charge in [-0.05, 0) is 42.3 Å². The van der Waals surface area contributed by atoms with E-state index in [2.05, 4.69) is 57.2 Å². The number of nitriles is 1. The van der Waals surface area contributed by atoms with Crippen LogP contribution < -0.4 is 4.90 Å². The van der Waals surface area contributed by atoms with Crippen LogP contribution in [0.3, 0.4) is 0 Å². The predicted molar refractivity (Wildman–Crippen MR) is 84.9 cm³/mol. The Bertz CT molecular complexity index is 660. The van der Waals surface area contributed by atoms with Gasteiger partial charge in [-0.3, -0.25) is 0 Å². The molecule has 0 amide bonds. The predicted octanol–water partition coefficient (Wildman–Crippen LogP) is 4.31. The average Bonchev–Trinajstić information content (AvgIpc) is 2.97. The molecule has 0 aliphatic carbocycles. The average molecular weight is 327 g/mol. The fraction of sp³-hybridized carbons (Fsp3) is 0.235. The van der Waals surface area contributed by atoms with Gasteiger partial charge in [0.15, 0.2) is 0 Å². The van der Waals surface area contributed by atoms with Crippen LogP contribution in [-0.2, 0) is 0 Å². The van der Waals surface area contributed by atoms with Crippen LogP contribution in [-0.4, -0.2) is 13.1 Å².